The van der Waals surface area contributed by atoms with E-state index in [4.69, 9.17) is 18.9 Å². The highest BCUT2D eigenvalue weighted by Crippen LogP contribution is 2.46. The molecule has 8 nitrogen and oxygen atoms in total. The van der Waals surface area contributed by atoms with E-state index in [2.05, 4.69) is 21.9 Å². The molecule has 0 saturated carbocycles. The van der Waals surface area contributed by atoms with Gasteiger partial charge < -0.3 is 18.9 Å². The first-order chi connectivity index (χ1) is 18.6. The van der Waals surface area contributed by atoms with E-state index in [0.29, 0.717) is 36.1 Å². The van der Waals surface area contributed by atoms with E-state index < -0.39 is 18.2 Å². The number of benzene rings is 3. The average molecular weight is 513 g/mol. The first-order valence-electron chi connectivity index (χ1n) is 12.4. The van der Waals surface area contributed by atoms with Gasteiger partial charge in [-0.15, -0.1) is 0 Å². The summed E-state index contributed by atoms with van der Waals surface area (Å²) in [5, 5.41) is 21.0. The lowest BCUT2D eigenvalue weighted by Gasteiger charge is -2.48. The summed E-state index contributed by atoms with van der Waals surface area (Å²) in [5.74, 6) is 2.56. The van der Waals surface area contributed by atoms with Gasteiger partial charge in [0, 0.05) is 29.8 Å². The van der Waals surface area contributed by atoms with Gasteiger partial charge in [-0.05, 0) is 36.8 Å². The minimum absolute atomic E-state index is 0.488. The molecule has 3 aromatic rings. The molecule has 8 heteroatoms. The van der Waals surface area contributed by atoms with Crippen LogP contribution in [-0.2, 0) is 0 Å². The number of nitriles is 2. The second-order valence-corrected chi connectivity index (χ2v) is 8.86. The molecule has 3 aromatic carbocycles. The van der Waals surface area contributed by atoms with E-state index in [1.165, 1.54) is 0 Å². The van der Waals surface area contributed by atoms with Crippen molar-refractivity contribution in [3.05, 3.63) is 83.4 Å². The molecule has 1 saturated heterocycles. The van der Waals surface area contributed by atoms with E-state index in [-0.39, 0.29) is 0 Å². The van der Waals surface area contributed by atoms with Crippen molar-refractivity contribution in [1.82, 2.24) is 9.80 Å². The molecule has 2 atom stereocenters. The number of para-hydroxylation sites is 2. The fraction of sp³-hybridized carbons (Fsp3) is 0.333. The lowest BCUT2D eigenvalue weighted by atomic mass is 9.95. The summed E-state index contributed by atoms with van der Waals surface area (Å²) in [7, 11) is 6.44. The van der Waals surface area contributed by atoms with Crippen LogP contribution in [0.1, 0.15) is 41.4 Å². The molecule has 1 fully saturated rings. The maximum atomic E-state index is 10.5. The van der Waals surface area contributed by atoms with Crippen LogP contribution in [0.4, 0.5) is 0 Å². The Morgan fingerprint density at radius 3 is 1.63 bits per heavy atom. The normalized spacial score (nSPS) is 17.5. The monoisotopic (exact) mass is 512 g/mol. The Labute approximate surface area is 224 Å². The molecule has 1 aliphatic heterocycles. The van der Waals surface area contributed by atoms with Gasteiger partial charge in [0.15, 0.2) is 0 Å². The molecule has 0 bridgehead atoms. The van der Waals surface area contributed by atoms with Gasteiger partial charge in [-0.2, -0.15) is 10.5 Å². The molecule has 38 heavy (non-hydrogen) atoms. The van der Waals surface area contributed by atoms with Crippen LogP contribution in [0.2, 0.25) is 0 Å². The molecular formula is C30H32N4O4. The minimum atomic E-state index is -0.646. The lowest BCUT2D eigenvalue weighted by molar-refractivity contribution is -0.0305. The average Bonchev–Trinajstić information content (AvgIpc) is 2.98. The largest absolute Gasteiger partial charge is 0.497 e. The van der Waals surface area contributed by atoms with Gasteiger partial charge in [0.25, 0.3) is 0 Å². The highest BCUT2D eigenvalue weighted by molar-refractivity contribution is 5.45. The van der Waals surface area contributed by atoms with E-state index in [1.807, 2.05) is 66.7 Å². The van der Waals surface area contributed by atoms with Crippen molar-refractivity contribution < 1.29 is 18.9 Å². The van der Waals surface area contributed by atoms with Crippen LogP contribution in [0.25, 0.3) is 0 Å². The Hall–Kier alpha value is -4.24. The molecule has 0 radical (unpaired) electrons. The lowest BCUT2D eigenvalue weighted by Crippen LogP contribution is -2.50. The zero-order valence-corrected chi connectivity index (χ0v) is 22.1. The van der Waals surface area contributed by atoms with Crippen molar-refractivity contribution in [2.75, 3.05) is 41.5 Å². The van der Waals surface area contributed by atoms with E-state index in [9.17, 15) is 10.5 Å². The summed E-state index contributed by atoms with van der Waals surface area (Å²) < 4.78 is 22.6. The third-order valence-electron chi connectivity index (χ3n) is 6.95. The van der Waals surface area contributed by atoms with Crippen LogP contribution >= 0.6 is 0 Å². The van der Waals surface area contributed by atoms with Crippen molar-refractivity contribution in [1.29, 1.82) is 10.5 Å². The molecule has 4 rings (SSSR count). The van der Waals surface area contributed by atoms with Gasteiger partial charge in [-0.25, -0.2) is 0 Å². The molecule has 1 heterocycles. The third-order valence-corrected chi connectivity index (χ3v) is 6.95. The number of rotatable bonds is 9. The number of ether oxygens (including phenoxy) is 4. The van der Waals surface area contributed by atoms with Crippen molar-refractivity contribution in [2.45, 2.75) is 24.7 Å². The van der Waals surface area contributed by atoms with Crippen molar-refractivity contribution in [3.63, 3.8) is 0 Å². The number of methoxy groups -OCH3 is 4. The van der Waals surface area contributed by atoms with Crippen molar-refractivity contribution in [2.24, 2.45) is 0 Å². The van der Waals surface area contributed by atoms with E-state index in [0.717, 1.165) is 23.1 Å². The first kappa shape index (κ1) is 26.8. The standard InChI is InChI=1S/C30H32N4O4/c1-35-21-14-15-29(38-4)24(18-21)30-33(25(19-31)22-10-5-7-12-27(22)36-2)16-9-17-34(30)26(20-32)23-11-6-8-13-28(23)37-3/h5-8,10-15,18,25-26,30H,9,16-17H2,1-4H3. The highest BCUT2D eigenvalue weighted by Gasteiger charge is 2.42. The smallest absolute Gasteiger partial charge is 0.128 e. The van der Waals surface area contributed by atoms with Crippen LogP contribution in [0.5, 0.6) is 23.0 Å². The number of hydrogen-bond donors (Lipinski definition) is 0. The summed E-state index contributed by atoms with van der Waals surface area (Å²) in [6.45, 7) is 1.25. The van der Waals surface area contributed by atoms with Gasteiger partial charge in [0.1, 0.15) is 35.1 Å². The SMILES string of the molecule is COc1ccc(OC)c(C2N(C(C#N)c3ccccc3OC)CCCN2C(C#N)c2ccccc2OC)c1. The van der Waals surface area contributed by atoms with Gasteiger partial charge in [-0.3, -0.25) is 9.80 Å². The molecule has 0 aliphatic carbocycles. The molecule has 0 aromatic heterocycles. The fourth-order valence-corrected chi connectivity index (χ4v) is 5.24. The Morgan fingerprint density at radius 2 is 1.18 bits per heavy atom. The maximum absolute atomic E-state index is 10.5. The van der Waals surface area contributed by atoms with Crippen LogP contribution in [-0.4, -0.2) is 51.3 Å². The summed E-state index contributed by atoms with van der Waals surface area (Å²) in [6.07, 6.45) is 0.265. The molecule has 196 valence electrons. The minimum Gasteiger partial charge on any atom is -0.497 e. The molecule has 0 spiro atoms. The van der Waals surface area contributed by atoms with Crippen LogP contribution in [0.3, 0.4) is 0 Å². The number of hydrogen-bond acceptors (Lipinski definition) is 8. The highest BCUT2D eigenvalue weighted by atomic mass is 16.5. The summed E-state index contributed by atoms with van der Waals surface area (Å²) in [6, 6.07) is 24.4. The summed E-state index contributed by atoms with van der Waals surface area (Å²) in [4.78, 5) is 4.22. The molecule has 2 unspecified atom stereocenters. The van der Waals surface area contributed by atoms with Gasteiger partial charge in [-0.1, -0.05) is 36.4 Å². The second-order valence-electron chi connectivity index (χ2n) is 8.86. The predicted octanol–water partition coefficient (Wildman–Crippen LogP) is 5.26. The van der Waals surface area contributed by atoms with E-state index >= 15 is 0 Å². The van der Waals surface area contributed by atoms with Crippen LogP contribution < -0.4 is 18.9 Å². The maximum Gasteiger partial charge on any atom is 0.128 e. The molecule has 0 N–H and O–H groups in total. The fourth-order valence-electron chi connectivity index (χ4n) is 5.24. The Balaban J connectivity index is 1.93. The summed E-state index contributed by atoms with van der Waals surface area (Å²) >= 11 is 0. The molecular weight excluding hydrogens is 480 g/mol. The number of nitrogens with zero attached hydrogens (tertiary/aromatic N) is 4. The third kappa shape index (κ3) is 5.10. The van der Waals surface area contributed by atoms with Crippen LogP contribution in [0, 0.1) is 22.7 Å². The van der Waals surface area contributed by atoms with Crippen LogP contribution in [0.15, 0.2) is 66.7 Å². The second kappa shape index (κ2) is 12.3. The van der Waals surface area contributed by atoms with Gasteiger partial charge >= 0.3 is 0 Å². The summed E-state index contributed by atoms with van der Waals surface area (Å²) in [5.41, 5.74) is 2.32. The topological polar surface area (TPSA) is 91.0 Å². The Kier molecular flexibility index (Phi) is 8.70. The van der Waals surface area contributed by atoms with E-state index in [1.54, 1.807) is 28.4 Å². The predicted molar refractivity (Wildman–Crippen MR) is 143 cm³/mol. The first-order valence-corrected chi connectivity index (χ1v) is 12.4. The zero-order valence-electron chi connectivity index (χ0n) is 22.1. The van der Waals surface area contributed by atoms with Crippen molar-refractivity contribution in [3.8, 4) is 35.1 Å². The van der Waals surface area contributed by atoms with Gasteiger partial charge in [0.2, 0.25) is 0 Å². The molecule has 1 aliphatic rings. The molecule has 0 amide bonds. The Morgan fingerprint density at radius 1 is 0.684 bits per heavy atom. The van der Waals surface area contributed by atoms with Gasteiger partial charge in [0.05, 0.1) is 46.7 Å². The zero-order chi connectivity index (χ0) is 27.1. The quantitative estimate of drug-likeness (QED) is 0.384. The Bertz CT molecular complexity index is 1260. The van der Waals surface area contributed by atoms with Crippen molar-refractivity contribution >= 4 is 0 Å².